The number of hydrogen-bond acceptors (Lipinski definition) is 1. The minimum absolute atomic E-state index is 0.241. The van der Waals surface area contributed by atoms with Crippen molar-refractivity contribution >= 4 is 0 Å². The molecule has 0 aliphatic heterocycles. The van der Waals surface area contributed by atoms with Crippen molar-refractivity contribution in [2.24, 2.45) is 5.73 Å². The Morgan fingerprint density at radius 2 is 1.64 bits per heavy atom. The average molecular weight is 153 g/mol. The minimum atomic E-state index is -0.650. The Morgan fingerprint density at radius 3 is 2.09 bits per heavy atom. The summed E-state index contributed by atoms with van der Waals surface area (Å²) in [6.07, 6.45) is 0. The average Bonchev–Trinajstić information content (AvgIpc) is 1.85. The zero-order chi connectivity index (χ0) is 8.27. The quantitative estimate of drug-likeness (QED) is 0.440. The molecule has 0 bridgehead atoms. The number of halogens is 2. The molecular formula is C8H5F2N. The Morgan fingerprint density at radius 1 is 1.09 bits per heavy atom. The van der Waals surface area contributed by atoms with Crippen LogP contribution in [-0.2, 0) is 0 Å². The minimum Gasteiger partial charge on any atom is -0.359 e. The number of hydrogen-bond donors (Lipinski definition) is 1. The van der Waals surface area contributed by atoms with E-state index in [1.807, 2.05) is 0 Å². The van der Waals surface area contributed by atoms with Gasteiger partial charge in [0.15, 0.2) is 0 Å². The predicted molar refractivity (Wildman–Crippen MR) is 37.4 cm³/mol. The van der Waals surface area contributed by atoms with E-state index >= 15 is 0 Å². The van der Waals surface area contributed by atoms with Crippen LogP contribution in [0.3, 0.4) is 0 Å². The van der Waals surface area contributed by atoms with E-state index in [9.17, 15) is 8.78 Å². The van der Waals surface area contributed by atoms with Gasteiger partial charge < -0.3 is 5.73 Å². The lowest BCUT2D eigenvalue weighted by molar-refractivity contribution is 0.582. The van der Waals surface area contributed by atoms with E-state index in [0.717, 1.165) is 18.2 Å². The highest BCUT2D eigenvalue weighted by Crippen LogP contribution is 2.05. The van der Waals surface area contributed by atoms with Crippen molar-refractivity contribution < 1.29 is 8.78 Å². The van der Waals surface area contributed by atoms with E-state index in [-0.39, 0.29) is 5.56 Å². The molecule has 1 nitrogen and oxygen atoms in total. The first kappa shape index (κ1) is 7.55. The van der Waals surface area contributed by atoms with Gasteiger partial charge in [0.05, 0.1) is 0 Å². The Labute approximate surface area is 62.8 Å². The topological polar surface area (TPSA) is 26.0 Å². The van der Waals surface area contributed by atoms with Crippen molar-refractivity contribution in [1.82, 2.24) is 0 Å². The maximum absolute atomic E-state index is 12.4. The van der Waals surface area contributed by atoms with Crippen LogP contribution in [0, 0.1) is 23.6 Å². The highest BCUT2D eigenvalue weighted by molar-refractivity contribution is 5.34. The van der Waals surface area contributed by atoms with Gasteiger partial charge in [0.25, 0.3) is 0 Å². The third-order valence-corrected chi connectivity index (χ3v) is 1.08. The monoisotopic (exact) mass is 153 g/mol. The molecular weight excluding hydrogens is 148 g/mol. The largest absolute Gasteiger partial charge is 0.359 e. The molecule has 0 heterocycles. The fourth-order valence-corrected chi connectivity index (χ4v) is 0.709. The predicted octanol–water partition coefficient (Wildman–Crippen LogP) is 1.23. The molecule has 1 rings (SSSR count). The molecule has 0 aliphatic rings. The second-order valence-electron chi connectivity index (χ2n) is 1.93. The van der Waals surface area contributed by atoms with Gasteiger partial charge in [-0.2, -0.15) is 0 Å². The first-order valence-electron chi connectivity index (χ1n) is 2.90. The maximum atomic E-state index is 12.4. The molecule has 1 aromatic rings. The smallest absolute Gasteiger partial charge is 0.127 e. The van der Waals surface area contributed by atoms with E-state index in [1.54, 1.807) is 0 Å². The lowest BCUT2D eigenvalue weighted by Crippen LogP contribution is -1.84. The maximum Gasteiger partial charge on any atom is 0.127 e. The van der Waals surface area contributed by atoms with Crippen molar-refractivity contribution in [1.29, 1.82) is 0 Å². The molecule has 0 aromatic heterocycles. The zero-order valence-corrected chi connectivity index (χ0v) is 5.57. The van der Waals surface area contributed by atoms with Gasteiger partial charge in [-0.3, -0.25) is 0 Å². The lowest BCUT2D eigenvalue weighted by Gasteiger charge is -1.91. The van der Waals surface area contributed by atoms with Crippen LogP contribution in [0.2, 0.25) is 0 Å². The van der Waals surface area contributed by atoms with Gasteiger partial charge >= 0.3 is 0 Å². The summed E-state index contributed by atoms with van der Waals surface area (Å²) in [5.41, 5.74) is 5.10. The van der Waals surface area contributed by atoms with Crippen LogP contribution in [0.4, 0.5) is 8.78 Å². The molecule has 0 amide bonds. The van der Waals surface area contributed by atoms with Crippen LogP contribution in [0.1, 0.15) is 5.56 Å². The first-order chi connectivity index (χ1) is 5.22. The van der Waals surface area contributed by atoms with Gasteiger partial charge in [0, 0.05) is 17.7 Å². The van der Waals surface area contributed by atoms with Gasteiger partial charge in [-0.05, 0) is 18.1 Å². The van der Waals surface area contributed by atoms with E-state index in [1.165, 1.54) is 0 Å². The Bertz CT molecular complexity index is 302. The molecule has 0 aliphatic carbocycles. The molecule has 1 aromatic carbocycles. The van der Waals surface area contributed by atoms with Gasteiger partial charge in [-0.25, -0.2) is 8.78 Å². The molecule has 0 spiro atoms. The van der Waals surface area contributed by atoms with Crippen molar-refractivity contribution in [3.8, 4) is 12.0 Å². The fourth-order valence-electron chi connectivity index (χ4n) is 0.709. The molecule has 0 saturated carbocycles. The molecule has 56 valence electrons. The summed E-state index contributed by atoms with van der Waals surface area (Å²) < 4.78 is 24.8. The summed E-state index contributed by atoms with van der Waals surface area (Å²) in [7, 11) is 0. The van der Waals surface area contributed by atoms with E-state index in [4.69, 9.17) is 5.73 Å². The van der Waals surface area contributed by atoms with Crippen molar-refractivity contribution in [3.63, 3.8) is 0 Å². The van der Waals surface area contributed by atoms with E-state index < -0.39 is 11.6 Å². The lowest BCUT2D eigenvalue weighted by atomic mass is 10.2. The second kappa shape index (κ2) is 3.02. The molecule has 0 atom stereocenters. The first-order valence-corrected chi connectivity index (χ1v) is 2.90. The SMILES string of the molecule is NC#Cc1cc(F)cc(F)c1. The number of benzene rings is 1. The molecule has 0 radical (unpaired) electrons. The van der Waals surface area contributed by atoms with Gasteiger partial charge in [0.1, 0.15) is 11.6 Å². The summed E-state index contributed by atoms with van der Waals surface area (Å²) >= 11 is 0. The molecule has 11 heavy (non-hydrogen) atoms. The van der Waals surface area contributed by atoms with Crippen LogP contribution in [-0.4, -0.2) is 0 Å². The zero-order valence-electron chi connectivity index (χ0n) is 5.57. The number of rotatable bonds is 0. The van der Waals surface area contributed by atoms with Crippen molar-refractivity contribution in [3.05, 3.63) is 35.4 Å². The summed E-state index contributed by atoms with van der Waals surface area (Å²) in [4.78, 5) is 0. The molecule has 3 heteroatoms. The van der Waals surface area contributed by atoms with Crippen LogP contribution in [0.5, 0.6) is 0 Å². The fraction of sp³-hybridized carbons (Fsp3) is 0. The van der Waals surface area contributed by atoms with Crippen molar-refractivity contribution in [2.45, 2.75) is 0 Å². The summed E-state index contributed by atoms with van der Waals surface area (Å²) in [5, 5.41) is 0. The molecule has 0 unspecified atom stereocenters. The van der Waals surface area contributed by atoms with Crippen LogP contribution < -0.4 is 5.73 Å². The normalized spacial score (nSPS) is 8.55. The second-order valence-corrected chi connectivity index (χ2v) is 1.93. The van der Waals surface area contributed by atoms with Crippen LogP contribution in [0.25, 0.3) is 0 Å². The van der Waals surface area contributed by atoms with Gasteiger partial charge in [0.2, 0.25) is 0 Å². The Hall–Kier alpha value is -1.56. The van der Waals surface area contributed by atoms with Gasteiger partial charge in [-0.15, -0.1) is 0 Å². The summed E-state index contributed by atoms with van der Waals surface area (Å²) in [6.45, 7) is 0. The Balaban J connectivity index is 3.15. The van der Waals surface area contributed by atoms with Crippen LogP contribution in [0.15, 0.2) is 18.2 Å². The molecule has 0 fully saturated rings. The molecule has 0 saturated heterocycles. The molecule has 2 N–H and O–H groups in total. The van der Waals surface area contributed by atoms with Gasteiger partial charge in [-0.1, -0.05) is 0 Å². The third kappa shape index (κ3) is 1.94. The number of nitrogens with two attached hydrogens (primary N) is 1. The Kier molecular flexibility index (Phi) is 2.07. The van der Waals surface area contributed by atoms with Crippen LogP contribution >= 0.6 is 0 Å². The summed E-state index contributed by atoms with van der Waals surface area (Å²) in [6, 6.07) is 5.06. The third-order valence-electron chi connectivity index (χ3n) is 1.08. The summed E-state index contributed by atoms with van der Waals surface area (Å²) in [5.74, 6) is 1.04. The highest BCUT2D eigenvalue weighted by Gasteiger charge is 1.96. The standard InChI is InChI=1S/C8H5F2N/c9-7-3-6(1-2-11)4-8(10)5-7/h3-5H,11H2. The highest BCUT2D eigenvalue weighted by atomic mass is 19.1. The van der Waals surface area contributed by atoms with E-state index in [2.05, 4.69) is 12.0 Å². The van der Waals surface area contributed by atoms with E-state index in [0.29, 0.717) is 0 Å². The van der Waals surface area contributed by atoms with Crippen molar-refractivity contribution in [2.75, 3.05) is 0 Å².